The number of hydrogen-bond donors (Lipinski definition) is 2. The van der Waals surface area contributed by atoms with E-state index in [1.54, 1.807) is 24.5 Å². The van der Waals surface area contributed by atoms with Crippen LogP contribution in [0.25, 0.3) is 22.4 Å². The molecule has 3 aromatic rings. The predicted octanol–water partition coefficient (Wildman–Crippen LogP) is 5.06. The molecular weight excluding hydrogens is 459 g/mol. The quantitative estimate of drug-likeness (QED) is 0.502. The van der Waals surface area contributed by atoms with Crippen LogP contribution in [-0.4, -0.2) is 33.9 Å². The van der Waals surface area contributed by atoms with Crippen LogP contribution in [0.2, 0.25) is 0 Å². The van der Waals surface area contributed by atoms with Crippen molar-refractivity contribution in [3.63, 3.8) is 0 Å². The Bertz CT molecular complexity index is 1280. The summed E-state index contributed by atoms with van der Waals surface area (Å²) >= 11 is 0. The van der Waals surface area contributed by atoms with Gasteiger partial charge >= 0.3 is 0 Å². The Morgan fingerprint density at radius 1 is 1.14 bits per heavy atom. The van der Waals surface area contributed by atoms with E-state index in [1.807, 2.05) is 26.8 Å². The molecule has 188 valence electrons. The Hall–Kier alpha value is -3.65. The van der Waals surface area contributed by atoms with Crippen molar-refractivity contribution in [3.8, 4) is 22.4 Å². The van der Waals surface area contributed by atoms with E-state index in [2.05, 4.69) is 22.2 Å². The predicted molar refractivity (Wildman–Crippen MR) is 136 cm³/mol. The number of hydrogen-bond acceptors (Lipinski definition) is 5. The van der Waals surface area contributed by atoms with Gasteiger partial charge in [-0.05, 0) is 75.4 Å². The van der Waals surface area contributed by atoms with Crippen LogP contribution in [-0.2, 0) is 4.74 Å². The fourth-order valence-electron chi connectivity index (χ4n) is 4.50. The summed E-state index contributed by atoms with van der Waals surface area (Å²) in [6, 6.07) is 9.36. The first kappa shape index (κ1) is 25.4. The Labute approximate surface area is 210 Å². The summed E-state index contributed by atoms with van der Waals surface area (Å²) in [4.78, 5) is 34.0. The first-order valence-corrected chi connectivity index (χ1v) is 12.2. The van der Waals surface area contributed by atoms with E-state index in [9.17, 15) is 9.59 Å². The summed E-state index contributed by atoms with van der Waals surface area (Å²) in [5.41, 5.74) is 8.36. The number of ether oxygens (including phenoxy) is 1. The number of halogens is 1. The molecule has 36 heavy (non-hydrogen) atoms. The topological polar surface area (TPSA) is 107 Å². The molecule has 0 radical (unpaired) electrons. The highest BCUT2D eigenvalue weighted by atomic mass is 19.1. The minimum absolute atomic E-state index is 0.0144. The van der Waals surface area contributed by atoms with Gasteiger partial charge in [0.2, 0.25) is 0 Å². The minimum atomic E-state index is -0.735. The summed E-state index contributed by atoms with van der Waals surface area (Å²) in [6.45, 7) is 7.83. The van der Waals surface area contributed by atoms with E-state index in [0.29, 0.717) is 23.5 Å². The maximum atomic E-state index is 15.1. The van der Waals surface area contributed by atoms with Gasteiger partial charge in [0.25, 0.3) is 11.8 Å². The second kappa shape index (κ2) is 10.5. The fourth-order valence-corrected chi connectivity index (χ4v) is 4.50. The van der Waals surface area contributed by atoms with Gasteiger partial charge < -0.3 is 15.8 Å². The first-order valence-electron chi connectivity index (χ1n) is 12.2. The van der Waals surface area contributed by atoms with Gasteiger partial charge in [-0.25, -0.2) is 9.37 Å². The number of benzene rings is 1. The summed E-state index contributed by atoms with van der Waals surface area (Å²) in [5, 5.41) is 2.80. The molecule has 0 saturated carbocycles. The molecule has 1 aromatic carbocycles. The molecule has 3 atom stereocenters. The molecule has 2 aromatic heterocycles. The highest BCUT2D eigenvalue weighted by Crippen LogP contribution is 2.41. The van der Waals surface area contributed by atoms with Crippen LogP contribution in [0.1, 0.15) is 73.1 Å². The van der Waals surface area contributed by atoms with Crippen molar-refractivity contribution in [1.29, 1.82) is 0 Å². The average molecular weight is 491 g/mol. The normalized spacial score (nSPS) is 19.8. The highest BCUT2D eigenvalue weighted by Gasteiger charge is 2.32. The van der Waals surface area contributed by atoms with Gasteiger partial charge in [0.05, 0.1) is 17.9 Å². The van der Waals surface area contributed by atoms with Gasteiger partial charge in [-0.2, -0.15) is 0 Å². The van der Waals surface area contributed by atoms with Crippen molar-refractivity contribution in [1.82, 2.24) is 15.3 Å². The summed E-state index contributed by atoms with van der Waals surface area (Å²) in [6.07, 6.45) is 4.52. The molecule has 0 bridgehead atoms. The van der Waals surface area contributed by atoms with Gasteiger partial charge in [-0.3, -0.25) is 14.6 Å². The van der Waals surface area contributed by atoms with Crippen molar-refractivity contribution in [2.75, 3.05) is 0 Å². The van der Waals surface area contributed by atoms with E-state index < -0.39 is 17.8 Å². The molecule has 1 fully saturated rings. The molecule has 8 heteroatoms. The number of nitrogens with zero attached hydrogens (tertiary/aromatic N) is 2. The third kappa shape index (κ3) is 5.28. The Morgan fingerprint density at radius 2 is 1.92 bits per heavy atom. The van der Waals surface area contributed by atoms with Gasteiger partial charge in [0.1, 0.15) is 11.5 Å². The number of primary amides is 1. The molecule has 3 N–H and O–H groups in total. The molecule has 0 spiro atoms. The zero-order valence-corrected chi connectivity index (χ0v) is 20.9. The van der Waals surface area contributed by atoms with Crippen molar-refractivity contribution >= 4 is 11.8 Å². The molecular formula is C28H31FN4O3. The number of pyridine rings is 2. The standard InChI is InChI=1S/C28H31FN4O3/c1-15(2)32-28(35)18-8-9-22(29)21(12-18)23-13-20(19-6-5-11-31-14-19)25(26(33-23)27(30)34)24-10-7-16(3)17(4)36-24/h5-6,8-9,11-17,24H,7,10H2,1-4H3,(H2,30,34)(H,32,35). The van der Waals surface area contributed by atoms with Gasteiger partial charge in [-0.15, -0.1) is 0 Å². The maximum absolute atomic E-state index is 15.1. The van der Waals surface area contributed by atoms with Gasteiger partial charge in [0.15, 0.2) is 0 Å². The van der Waals surface area contributed by atoms with E-state index in [1.165, 1.54) is 18.2 Å². The molecule has 7 nitrogen and oxygen atoms in total. The summed E-state index contributed by atoms with van der Waals surface area (Å²) in [7, 11) is 0. The van der Waals surface area contributed by atoms with Crippen molar-refractivity contribution in [2.24, 2.45) is 11.7 Å². The van der Waals surface area contributed by atoms with Crippen LogP contribution in [0, 0.1) is 11.7 Å². The van der Waals surface area contributed by atoms with E-state index in [4.69, 9.17) is 10.5 Å². The molecule has 1 aliphatic rings. The van der Waals surface area contributed by atoms with Crippen LogP contribution in [0.4, 0.5) is 4.39 Å². The van der Waals surface area contributed by atoms with Crippen LogP contribution in [0.15, 0.2) is 48.8 Å². The van der Waals surface area contributed by atoms with Crippen LogP contribution in [0.3, 0.4) is 0 Å². The van der Waals surface area contributed by atoms with Gasteiger partial charge in [-0.1, -0.05) is 13.0 Å². The maximum Gasteiger partial charge on any atom is 0.267 e. The lowest BCUT2D eigenvalue weighted by Crippen LogP contribution is -2.30. The lowest BCUT2D eigenvalue weighted by atomic mass is 9.86. The van der Waals surface area contributed by atoms with Crippen LogP contribution < -0.4 is 11.1 Å². The monoisotopic (exact) mass is 490 g/mol. The lowest BCUT2D eigenvalue weighted by Gasteiger charge is -2.34. The lowest BCUT2D eigenvalue weighted by molar-refractivity contribution is -0.0707. The zero-order valence-electron chi connectivity index (χ0n) is 20.9. The third-order valence-electron chi connectivity index (χ3n) is 6.58. The van der Waals surface area contributed by atoms with Crippen LogP contribution in [0.5, 0.6) is 0 Å². The van der Waals surface area contributed by atoms with Crippen molar-refractivity contribution < 1.29 is 18.7 Å². The van der Waals surface area contributed by atoms with Crippen LogP contribution >= 0.6 is 0 Å². The SMILES string of the molecule is CC(C)NC(=O)c1ccc(F)c(-c2cc(-c3cccnc3)c(C3CCC(C)C(C)O3)c(C(N)=O)n2)c1. The number of nitrogens with two attached hydrogens (primary N) is 1. The van der Waals surface area contributed by atoms with Crippen molar-refractivity contribution in [2.45, 2.75) is 58.8 Å². The van der Waals surface area contributed by atoms with E-state index in [0.717, 1.165) is 12.0 Å². The number of amides is 2. The molecule has 2 amide bonds. The highest BCUT2D eigenvalue weighted by molar-refractivity contribution is 5.97. The first-order chi connectivity index (χ1) is 17.2. The number of carbonyl (C=O) groups excluding carboxylic acids is 2. The van der Waals surface area contributed by atoms with Crippen molar-refractivity contribution in [3.05, 3.63) is 71.4 Å². The molecule has 1 aliphatic heterocycles. The average Bonchev–Trinajstić information content (AvgIpc) is 2.85. The largest absolute Gasteiger partial charge is 0.370 e. The second-order valence-electron chi connectivity index (χ2n) is 9.63. The summed E-state index contributed by atoms with van der Waals surface area (Å²) < 4.78 is 21.4. The molecule has 0 aliphatic carbocycles. The van der Waals surface area contributed by atoms with Gasteiger partial charge in [0, 0.05) is 40.7 Å². The molecule has 3 heterocycles. The minimum Gasteiger partial charge on any atom is -0.370 e. The molecule has 3 unspecified atom stereocenters. The second-order valence-corrected chi connectivity index (χ2v) is 9.63. The third-order valence-corrected chi connectivity index (χ3v) is 6.58. The fraction of sp³-hybridized carbons (Fsp3) is 0.357. The summed E-state index contributed by atoms with van der Waals surface area (Å²) in [5.74, 6) is -1.26. The number of carbonyl (C=O) groups is 2. The number of nitrogens with one attached hydrogen (secondary N) is 1. The Morgan fingerprint density at radius 3 is 2.56 bits per heavy atom. The smallest absolute Gasteiger partial charge is 0.267 e. The molecule has 4 rings (SSSR count). The zero-order chi connectivity index (χ0) is 26.0. The number of aromatic nitrogens is 2. The Balaban J connectivity index is 1.92. The van der Waals surface area contributed by atoms with E-state index in [-0.39, 0.29) is 40.6 Å². The number of rotatable bonds is 6. The molecule has 1 saturated heterocycles. The van der Waals surface area contributed by atoms with E-state index >= 15 is 4.39 Å². The Kier molecular flexibility index (Phi) is 7.45.